The van der Waals surface area contributed by atoms with Crippen LogP contribution in [0.4, 0.5) is 0 Å². The molecule has 98 valence electrons. The minimum Gasteiger partial charge on any atom is -0.307 e. The highest BCUT2D eigenvalue weighted by Gasteiger charge is 2.47. The van der Waals surface area contributed by atoms with Crippen molar-refractivity contribution in [3.05, 3.63) is 16.1 Å². The smallest absolute Gasteiger partial charge is 0.107 e. The summed E-state index contributed by atoms with van der Waals surface area (Å²) in [6, 6.07) is 0.794. The first-order chi connectivity index (χ1) is 8.78. The van der Waals surface area contributed by atoms with Gasteiger partial charge < -0.3 is 5.32 Å². The maximum Gasteiger partial charge on any atom is 0.107 e. The average Bonchev–Trinajstić information content (AvgIpc) is 2.73. The Morgan fingerprint density at radius 3 is 2.39 bits per heavy atom. The maximum atomic E-state index is 4.47. The molecule has 3 heteroatoms. The van der Waals surface area contributed by atoms with Crippen molar-refractivity contribution in [2.75, 3.05) is 0 Å². The van der Waals surface area contributed by atoms with Crippen molar-refractivity contribution >= 4 is 11.3 Å². The first-order valence-electron chi connectivity index (χ1n) is 7.42. The van der Waals surface area contributed by atoms with E-state index in [9.17, 15) is 0 Å². The van der Waals surface area contributed by atoms with Gasteiger partial charge in [0.15, 0.2) is 0 Å². The summed E-state index contributed by atoms with van der Waals surface area (Å²) in [7, 11) is 0. The van der Waals surface area contributed by atoms with Crippen LogP contribution in [0.5, 0.6) is 0 Å². The van der Waals surface area contributed by atoms with Gasteiger partial charge in [0.05, 0.1) is 0 Å². The van der Waals surface area contributed by atoms with Gasteiger partial charge >= 0.3 is 0 Å². The highest BCUT2D eigenvalue weighted by molar-refractivity contribution is 7.11. The van der Waals surface area contributed by atoms with E-state index in [4.69, 9.17) is 0 Å². The van der Waals surface area contributed by atoms with Crippen molar-refractivity contribution in [1.82, 2.24) is 10.3 Å². The summed E-state index contributed by atoms with van der Waals surface area (Å²) in [5.74, 6) is 4.10. The molecule has 4 bridgehead atoms. The molecule has 4 aliphatic rings. The molecule has 1 N–H and O–H groups in total. The van der Waals surface area contributed by atoms with Crippen LogP contribution in [0.25, 0.3) is 0 Å². The molecule has 0 unspecified atom stereocenters. The quantitative estimate of drug-likeness (QED) is 0.903. The number of rotatable bonds is 3. The van der Waals surface area contributed by atoms with Gasteiger partial charge in [-0.15, -0.1) is 11.3 Å². The van der Waals surface area contributed by atoms with Crippen LogP contribution in [0.2, 0.25) is 0 Å². The maximum absolute atomic E-state index is 4.47. The van der Waals surface area contributed by atoms with Crippen LogP contribution >= 0.6 is 11.3 Å². The van der Waals surface area contributed by atoms with Gasteiger partial charge in [0.1, 0.15) is 5.01 Å². The zero-order valence-corrected chi connectivity index (χ0v) is 11.9. The number of thiazole rings is 1. The van der Waals surface area contributed by atoms with Gasteiger partial charge in [-0.05, 0) is 62.7 Å². The highest BCUT2D eigenvalue weighted by Crippen LogP contribution is 2.53. The minimum absolute atomic E-state index is 0.794. The van der Waals surface area contributed by atoms with Gasteiger partial charge in [-0.3, -0.25) is 0 Å². The van der Waals surface area contributed by atoms with Crippen LogP contribution < -0.4 is 5.32 Å². The summed E-state index contributed by atoms with van der Waals surface area (Å²) in [6.07, 6.45) is 9.55. The molecule has 2 nitrogen and oxygen atoms in total. The molecule has 0 amide bonds. The summed E-state index contributed by atoms with van der Waals surface area (Å²) in [5, 5.41) is 5.11. The van der Waals surface area contributed by atoms with E-state index in [-0.39, 0.29) is 0 Å². The molecule has 0 spiro atoms. The zero-order chi connectivity index (χ0) is 12.1. The van der Waals surface area contributed by atoms with Crippen molar-refractivity contribution in [2.24, 2.45) is 23.7 Å². The Bertz CT molecular complexity index is 411. The topological polar surface area (TPSA) is 24.9 Å². The summed E-state index contributed by atoms with van der Waals surface area (Å²) in [5.41, 5.74) is 0. The molecule has 0 saturated heterocycles. The van der Waals surface area contributed by atoms with E-state index in [2.05, 4.69) is 17.2 Å². The van der Waals surface area contributed by atoms with E-state index < -0.39 is 0 Å². The van der Waals surface area contributed by atoms with Crippen LogP contribution in [0, 0.1) is 30.6 Å². The summed E-state index contributed by atoms with van der Waals surface area (Å²) in [6.45, 7) is 3.13. The van der Waals surface area contributed by atoms with E-state index in [0.29, 0.717) is 0 Å². The number of aryl methyl sites for hydroxylation is 1. The van der Waals surface area contributed by atoms with E-state index in [1.54, 1.807) is 6.42 Å². The molecule has 1 aromatic heterocycles. The third-order valence-electron chi connectivity index (χ3n) is 5.38. The van der Waals surface area contributed by atoms with E-state index in [1.807, 2.05) is 17.5 Å². The van der Waals surface area contributed by atoms with Crippen LogP contribution in [0.15, 0.2) is 6.20 Å². The Balaban J connectivity index is 1.43. The van der Waals surface area contributed by atoms with E-state index in [0.717, 1.165) is 36.3 Å². The second kappa shape index (κ2) is 4.31. The molecular formula is C15H22N2S. The fraction of sp³-hybridized carbons (Fsp3) is 0.800. The summed E-state index contributed by atoms with van der Waals surface area (Å²) >= 11 is 1.84. The number of nitrogens with one attached hydrogen (secondary N) is 1. The third kappa shape index (κ3) is 1.92. The predicted octanol–water partition coefficient (Wildman–Crippen LogP) is 3.37. The van der Waals surface area contributed by atoms with Gasteiger partial charge in [-0.1, -0.05) is 0 Å². The van der Waals surface area contributed by atoms with Crippen LogP contribution in [0.1, 0.15) is 42.0 Å². The second-order valence-electron chi connectivity index (χ2n) is 6.70. The molecule has 4 aliphatic carbocycles. The largest absolute Gasteiger partial charge is 0.307 e. The molecule has 1 heterocycles. The number of nitrogens with zero attached hydrogens (tertiary/aromatic N) is 1. The first-order valence-corrected chi connectivity index (χ1v) is 8.24. The van der Waals surface area contributed by atoms with E-state index >= 15 is 0 Å². The lowest BCUT2D eigenvalue weighted by molar-refractivity contribution is -0.0142. The van der Waals surface area contributed by atoms with Gasteiger partial charge in [-0.25, -0.2) is 4.98 Å². The summed E-state index contributed by atoms with van der Waals surface area (Å²) in [4.78, 5) is 5.80. The second-order valence-corrected chi connectivity index (χ2v) is 8.02. The molecule has 5 rings (SSSR count). The molecule has 0 radical (unpaired) electrons. The SMILES string of the molecule is Cc1cnc(CNC2C3CC4CC(C3)CC2C4)s1. The van der Waals surface area contributed by atoms with E-state index in [1.165, 1.54) is 35.6 Å². The van der Waals surface area contributed by atoms with Crippen LogP contribution in [0.3, 0.4) is 0 Å². The fourth-order valence-corrected chi connectivity index (χ4v) is 5.68. The zero-order valence-electron chi connectivity index (χ0n) is 11.1. The van der Waals surface area contributed by atoms with Crippen LogP contribution in [-0.4, -0.2) is 11.0 Å². The summed E-state index contributed by atoms with van der Waals surface area (Å²) < 4.78 is 0. The number of aromatic nitrogens is 1. The Labute approximate surface area is 113 Å². The van der Waals surface area contributed by atoms with Crippen molar-refractivity contribution in [2.45, 2.75) is 51.6 Å². The minimum atomic E-state index is 0.794. The fourth-order valence-electron chi connectivity index (χ4n) is 4.95. The van der Waals surface area contributed by atoms with Crippen molar-refractivity contribution in [1.29, 1.82) is 0 Å². The molecular weight excluding hydrogens is 240 g/mol. The van der Waals surface area contributed by atoms with Gasteiger partial charge in [0.25, 0.3) is 0 Å². The lowest BCUT2D eigenvalue weighted by Gasteiger charge is -2.54. The number of hydrogen-bond acceptors (Lipinski definition) is 3. The lowest BCUT2D eigenvalue weighted by atomic mass is 9.54. The van der Waals surface area contributed by atoms with Gasteiger partial charge in [-0.2, -0.15) is 0 Å². The van der Waals surface area contributed by atoms with Gasteiger partial charge in [0, 0.05) is 23.7 Å². The molecule has 0 aromatic carbocycles. The Kier molecular flexibility index (Phi) is 2.73. The molecule has 1 aromatic rings. The molecule has 4 fully saturated rings. The molecule has 4 saturated carbocycles. The lowest BCUT2D eigenvalue weighted by Crippen LogP contribution is -2.54. The highest BCUT2D eigenvalue weighted by atomic mass is 32.1. The average molecular weight is 262 g/mol. The monoisotopic (exact) mass is 262 g/mol. The molecule has 18 heavy (non-hydrogen) atoms. The third-order valence-corrected chi connectivity index (χ3v) is 6.30. The normalized spacial score (nSPS) is 41.5. The number of hydrogen-bond donors (Lipinski definition) is 1. The Morgan fingerprint density at radius 1 is 1.17 bits per heavy atom. The van der Waals surface area contributed by atoms with Gasteiger partial charge in [0.2, 0.25) is 0 Å². The standard InChI is InChI=1S/C15H22N2S/c1-9-7-16-14(18-9)8-17-15-12-3-10-2-11(5-12)6-13(15)4-10/h7,10-13,15,17H,2-6,8H2,1H3. The first kappa shape index (κ1) is 11.4. The van der Waals surface area contributed by atoms with Crippen LogP contribution in [-0.2, 0) is 6.54 Å². The Morgan fingerprint density at radius 2 is 1.83 bits per heavy atom. The van der Waals surface area contributed by atoms with Crippen molar-refractivity contribution in [3.63, 3.8) is 0 Å². The van der Waals surface area contributed by atoms with Crippen molar-refractivity contribution < 1.29 is 0 Å². The predicted molar refractivity (Wildman–Crippen MR) is 74.5 cm³/mol. The molecule has 0 aliphatic heterocycles. The molecule has 0 atom stereocenters. The van der Waals surface area contributed by atoms with Crippen molar-refractivity contribution in [3.8, 4) is 0 Å². The Hall–Kier alpha value is -0.410.